The number of hydrogen-bond donors (Lipinski definition) is 0. The number of halogens is 1. The van der Waals surface area contributed by atoms with Gasteiger partial charge in [-0.05, 0) is 18.1 Å². The third-order valence-electron chi connectivity index (χ3n) is 2.06. The monoisotopic (exact) mass is 198 g/mol. The highest BCUT2D eigenvalue weighted by atomic mass is 35.5. The van der Waals surface area contributed by atoms with E-state index in [1.165, 1.54) is 0 Å². The lowest BCUT2D eigenvalue weighted by atomic mass is 10.1. The maximum atomic E-state index is 6.05. The smallest absolute Gasteiger partial charge is 0.231 e. The molecule has 1 heterocycles. The molecule has 1 aliphatic rings. The van der Waals surface area contributed by atoms with E-state index in [1.54, 1.807) is 0 Å². The normalized spacial score (nSPS) is 13.4. The van der Waals surface area contributed by atoms with Crippen molar-refractivity contribution < 1.29 is 9.47 Å². The zero-order valence-electron chi connectivity index (χ0n) is 7.47. The van der Waals surface area contributed by atoms with E-state index >= 15 is 0 Å². The van der Waals surface area contributed by atoms with Crippen molar-refractivity contribution in [3.63, 3.8) is 0 Å². The zero-order valence-corrected chi connectivity index (χ0v) is 8.23. The molecule has 0 atom stereocenters. The first kappa shape index (κ1) is 8.70. The Balaban J connectivity index is 2.37. The van der Waals surface area contributed by atoms with Gasteiger partial charge < -0.3 is 9.47 Å². The Morgan fingerprint density at radius 3 is 2.69 bits per heavy atom. The molecule has 0 spiro atoms. The molecular weight excluding hydrogens is 188 g/mol. The number of aryl methyl sites for hydroxylation is 1. The van der Waals surface area contributed by atoms with Crippen molar-refractivity contribution in [1.29, 1.82) is 0 Å². The maximum Gasteiger partial charge on any atom is 0.231 e. The second-order valence-corrected chi connectivity index (χ2v) is 3.45. The van der Waals surface area contributed by atoms with Crippen LogP contribution in [-0.4, -0.2) is 6.79 Å². The van der Waals surface area contributed by atoms with Gasteiger partial charge in [0, 0.05) is 11.1 Å². The molecule has 1 aliphatic heterocycles. The maximum absolute atomic E-state index is 6.05. The van der Waals surface area contributed by atoms with Gasteiger partial charge in [0.2, 0.25) is 6.79 Å². The van der Waals surface area contributed by atoms with Gasteiger partial charge >= 0.3 is 0 Å². The molecule has 0 bridgehead atoms. The Morgan fingerprint density at radius 1 is 1.31 bits per heavy atom. The number of ether oxygens (including phenoxy) is 2. The summed E-state index contributed by atoms with van der Waals surface area (Å²) in [7, 11) is 0. The highest BCUT2D eigenvalue weighted by Crippen LogP contribution is 2.37. The van der Waals surface area contributed by atoms with Gasteiger partial charge in [0.05, 0.1) is 0 Å². The third-order valence-corrected chi connectivity index (χ3v) is 2.41. The highest BCUT2D eigenvalue weighted by Gasteiger charge is 2.15. The molecule has 70 valence electrons. The fourth-order valence-electron chi connectivity index (χ4n) is 1.42. The Labute approximate surface area is 82.4 Å². The lowest BCUT2D eigenvalue weighted by Crippen LogP contribution is -1.92. The van der Waals surface area contributed by atoms with Crippen LogP contribution in [0, 0.1) is 0 Å². The van der Waals surface area contributed by atoms with Crippen molar-refractivity contribution in [3.05, 3.63) is 22.7 Å². The minimum absolute atomic E-state index is 0.307. The summed E-state index contributed by atoms with van der Waals surface area (Å²) >= 11 is 6.05. The number of rotatable bonds is 2. The summed E-state index contributed by atoms with van der Waals surface area (Å²) in [6, 6.07) is 3.79. The molecule has 2 nitrogen and oxygen atoms in total. The summed E-state index contributed by atoms with van der Waals surface area (Å²) in [4.78, 5) is 0. The SMILES string of the molecule is CCCc1cc2c(cc1Cl)OCO2. The predicted molar refractivity (Wildman–Crippen MR) is 51.6 cm³/mol. The Morgan fingerprint density at radius 2 is 2.00 bits per heavy atom. The molecule has 3 heteroatoms. The van der Waals surface area contributed by atoms with Gasteiger partial charge in [-0.25, -0.2) is 0 Å². The molecule has 0 aromatic heterocycles. The van der Waals surface area contributed by atoms with Crippen LogP contribution in [0.4, 0.5) is 0 Å². The summed E-state index contributed by atoms with van der Waals surface area (Å²) in [5, 5.41) is 0.770. The predicted octanol–water partition coefficient (Wildman–Crippen LogP) is 3.02. The van der Waals surface area contributed by atoms with Crippen molar-refractivity contribution in [2.75, 3.05) is 6.79 Å². The van der Waals surface area contributed by atoms with Crippen LogP contribution >= 0.6 is 11.6 Å². The van der Waals surface area contributed by atoms with Crippen molar-refractivity contribution in [2.24, 2.45) is 0 Å². The van der Waals surface area contributed by atoms with E-state index in [2.05, 4.69) is 6.92 Å². The van der Waals surface area contributed by atoms with Crippen LogP contribution in [0.15, 0.2) is 12.1 Å². The first-order chi connectivity index (χ1) is 6.31. The lowest BCUT2D eigenvalue weighted by molar-refractivity contribution is 0.174. The second kappa shape index (κ2) is 3.46. The number of hydrogen-bond acceptors (Lipinski definition) is 2. The van der Waals surface area contributed by atoms with E-state index in [0.717, 1.165) is 34.9 Å². The molecule has 0 N–H and O–H groups in total. The van der Waals surface area contributed by atoms with Gasteiger partial charge in [-0.3, -0.25) is 0 Å². The van der Waals surface area contributed by atoms with Gasteiger partial charge in [0.1, 0.15) is 0 Å². The van der Waals surface area contributed by atoms with E-state index in [9.17, 15) is 0 Å². The fraction of sp³-hybridized carbons (Fsp3) is 0.400. The number of fused-ring (bicyclic) bond motifs is 1. The molecule has 2 rings (SSSR count). The van der Waals surface area contributed by atoms with Crippen LogP contribution in [0.25, 0.3) is 0 Å². The minimum Gasteiger partial charge on any atom is -0.454 e. The molecule has 0 fully saturated rings. The Kier molecular flexibility index (Phi) is 2.32. The topological polar surface area (TPSA) is 18.5 Å². The van der Waals surface area contributed by atoms with Crippen LogP contribution < -0.4 is 9.47 Å². The highest BCUT2D eigenvalue weighted by molar-refractivity contribution is 6.31. The van der Waals surface area contributed by atoms with E-state index in [1.807, 2.05) is 12.1 Å². The lowest BCUT2D eigenvalue weighted by Gasteiger charge is -2.03. The van der Waals surface area contributed by atoms with Crippen LogP contribution in [0.1, 0.15) is 18.9 Å². The summed E-state index contributed by atoms with van der Waals surface area (Å²) < 4.78 is 10.5. The van der Waals surface area contributed by atoms with Gasteiger partial charge in [0.15, 0.2) is 11.5 Å². The molecule has 0 saturated carbocycles. The quantitative estimate of drug-likeness (QED) is 0.728. The van der Waals surface area contributed by atoms with Crippen molar-refractivity contribution in [2.45, 2.75) is 19.8 Å². The molecular formula is C10H11ClO2. The van der Waals surface area contributed by atoms with Crippen molar-refractivity contribution in [1.82, 2.24) is 0 Å². The van der Waals surface area contributed by atoms with Crippen LogP contribution in [-0.2, 0) is 6.42 Å². The van der Waals surface area contributed by atoms with Gasteiger partial charge in [-0.1, -0.05) is 24.9 Å². The second-order valence-electron chi connectivity index (χ2n) is 3.05. The molecule has 1 aromatic carbocycles. The summed E-state index contributed by atoms with van der Waals surface area (Å²) in [5.74, 6) is 1.57. The first-order valence-corrected chi connectivity index (χ1v) is 4.77. The average Bonchev–Trinajstić information content (AvgIpc) is 2.52. The van der Waals surface area contributed by atoms with Crippen molar-refractivity contribution in [3.8, 4) is 11.5 Å². The van der Waals surface area contributed by atoms with Crippen LogP contribution in [0.5, 0.6) is 11.5 Å². The van der Waals surface area contributed by atoms with E-state index < -0.39 is 0 Å². The van der Waals surface area contributed by atoms with Gasteiger partial charge in [-0.2, -0.15) is 0 Å². The van der Waals surface area contributed by atoms with Gasteiger partial charge in [-0.15, -0.1) is 0 Å². The van der Waals surface area contributed by atoms with E-state index in [4.69, 9.17) is 21.1 Å². The first-order valence-electron chi connectivity index (χ1n) is 4.39. The molecule has 1 aromatic rings. The van der Waals surface area contributed by atoms with Gasteiger partial charge in [0.25, 0.3) is 0 Å². The van der Waals surface area contributed by atoms with E-state index in [0.29, 0.717) is 6.79 Å². The molecule has 13 heavy (non-hydrogen) atoms. The van der Waals surface area contributed by atoms with Crippen LogP contribution in [0.2, 0.25) is 5.02 Å². The fourth-order valence-corrected chi connectivity index (χ4v) is 1.67. The third kappa shape index (κ3) is 1.59. The van der Waals surface area contributed by atoms with E-state index in [-0.39, 0.29) is 0 Å². The molecule has 0 radical (unpaired) electrons. The number of benzene rings is 1. The van der Waals surface area contributed by atoms with Crippen molar-refractivity contribution >= 4 is 11.6 Å². The minimum atomic E-state index is 0.307. The summed E-state index contributed by atoms with van der Waals surface area (Å²) in [5.41, 5.74) is 1.13. The molecule has 0 aliphatic carbocycles. The summed E-state index contributed by atoms with van der Waals surface area (Å²) in [6.07, 6.45) is 2.06. The Bertz CT molecular complexity index is 323. The molecule has 0 saturated heterocycles. The zero-order chi connectivity index (χ0) is 9.26. The van der Waals surface area contributed by atoms with Crippen LogP contribution in [0.3, 0.4) is 0 Å². The standard InChI is InChI=1S/C10H11ClO2/c1-2-3-7-4-9-10(5-8(7)11)13-6-12-9/h4-5H,2-3,6H2,1H3. The molecule has 0 unspecified atom stereocenters. The average molecular weight is 199 g/mol. The largest absolute Gasteiger partial charge is 0.454 e. The Hall–Kier alpha value is -0.890. The molecule has 0 amide bonds. The summed E-state index contributed by atoms with van der Waals surface area (Å²) in [6.45, 7) is 2.43.